The number of rotatable bonds is 5. The summed E-state index contributed by atoms with van der Waals surface area (Å²) in [5, 5.41) is 0.796. The highest BCUT2D eigenvalue weighted by Crippen LogP contribution is 2.30. The van der Waals surface area contributed by atoms with Crippen molar-refractivity contribution in [2.75, 3.05) is 0 Å². The predicted octanol–water partition coefficient (Wildman–Crippen LogP) is 4.54. The van der Waals surface area contributed by atoms with Gasteiger partial charge in [-0.05, 0) is 30.0 Å². The first-order valence-electron chi connectivity index (χ1n) is 6.73. The van der Waals surface area contributed by atoms with Crippen LogP contribution in [0.5, 0.6) is 0 Å². The molecule has 0 radical (unpaired) electrons. The van der Waals surface area contributed by atoms with Crippen LogP contribution in [-0.4, -0.2) is 0 Å². The summed E-state index contributed by atoms with van der Waals surface area (Å²) in [4.78, 5) is 0. The van der Waals surface area contributed by atoms with E-state index in [1.807, 2.05) is 36.4 Å². The fraction of sp³-hybridized carbons (Fsp3) is 0.294. The molecule has 0 heterocycles. The largest absolute Gasteiger partial charge is 0.321 e. The quantitative estimate of drug-likeness (QED) is 0.851. The van der Waals surface area contributed by atoms with Crippen molar-refractivity contribution in [1.82, 2.24) is 0 Å². The maximum atomic E-state index is 6.67. The molecule has 0 spiro atoms. The Labute approximate surface area is 120 Å². The average molecular weight is 274 g/mol. The SMILES string of the molecule is CCCC(N)(Cc1ccccc1Cl)c1ccccc1. The number of hydrogen-bond donors (Lipinski definition) is 1. The van der Waals surface area contributed by atoms with Gasteiger partial charge < -0.3 is 5.73 Å². The fourth-order valence-corrected chi connectivity index (χ4v) is 2.74. The van der Waals surface area contributed by atoms with Gasteiger partial charge in [-0.15, -0.1) is 0 Å². The normalized spacial score (nSPS) is 14.1. The van der Waals surface area contributed by atoms with E-state index in [1.54, 1.807) is 0 Å². The standard InChI is InChI=1S/C17H20ClN/c1-2-12-17(19,15-9-4-3-5-10-15)13-14-8-6-7-11-16(14)18/h3-11H,2,12-13,19H2,1H3. The second-order valence-corrected chi connectivity index (χ2v) is 5.45. The summed E-state index contributed by atoms with van der Waals surface area (Å²) in [6, 6.07) is 18.3. The third-order valence-electron chi connectivity index (χ3n) is 3.51. The van der Waals surface area contributed by atoms with E-state index in [0.29, 0.717) is 0 Å². The van der Waals surface area contributed by atoms with Crippen LogP contribution >= 0.6 is 11.6 Å². The Hall–Kier alpha value is -1.31. The van der Waals surface area contributed by atoms with Crippen LogP contribution in [0.25, 0.3) is 0 Å². The van der Waals surface area contributed by atoms with Crippen molar-refractivity contribution in [2.45, 2.75) is 31.7 Å². The second kappa shape index (κ2) is 6.23. The molecule has 100 valence electrons. The van der Waals surface area contributed by atoms with Crippen molar-refractivity contribution in [3.05, 3.63) is 70.7 Å². The van der Waals surface area contributed by atoms with Gasteiger partial charge in [0, 0.05) is 10.6 Å². The molecule has 0 saturated carbocycles. The molecular weight excluding hydrogens is 254 g/mol. The van der Waals surface area contributed by atoms with E-state index in [9.17, 15) is 0 Å². The van der Waals surface area contributed by atoms with Crippen LogP contribution in [0.15, 0.2) is 54.6 Å². The Morgan fingerprint density at radius 1 is 1.00 bits per heavy atom. The van der Waals surface area contributed by atoms with Gasteiger partial charge in [-0.25, -0.2) is 0 Å². The molecule has 0 aliphatic rings. The number of hydrogen-bond acceptors (Lipinski definition) is 1. The van der Waals surface area contributed by atoms with E-state index >= 15 is 0 Å². The van der Waals surface area contributed by atoms with E-state index in [2.05, 4.69) is 25.1 Å². The minimum atomic E-state index is -0.346. The molecule has 0 aliphatic carbocycles. The Bertz CT molecular complexity index is 524. The monoisotopic (exact) mass is 273 g/mol. The molecule has 2 heteroatoms. The first kappa shape index (κ1) is 14.1. The number of nitrogens with two attached hydrogens (primary N) is 1. The first-order valence-corrected chi connectivity index (χ1v) is 7.11. The fourth-order valence-electron chi connectivity index (χ4n) is 2.53. The van der Waals surface area contributed by atoms with Crippen LogP contribution in [-0.2, 0) is 12.0 Å². The van der Waals surface area contributed by atoms with E-state index in [1.165, 1.54) is 5.56 Å². The van der Waals surface area contributed by atoms with Gasteiger partial charge in [0.05, 0.1) is 0 Å². The third-order valence-corrected chi connectivity index (χ3v) is 3.88. The van der Waals surface area contributed by atoms with Gasteiger partial charge in [0.15, 0.2) is 0 Å². The highest BCUT2D eigenvalue weighted by atomic mass is 35.5. The summed E-state index contributed by atoms with van der Waals surface area (Å²) in [5.41, 5.74) is 8.62. The maximum Gasteiger partial charge on any atom is 0.0450 e. The van der Waals surface area contributed by atoms with Crippen LogP contribution in [0.4, 0.5) is 0 Å². The summed E-state index contributed by atoms with van der Waals surface area (Å²) >= 11 is 6.26. The van der Waals surface area contributed by atoms with Crippen LogP contribution < -0.4 is 5.73 Å². The summed E-state index contributed by atoms with van der Waals surface area (Å²) in [6.07, 6.45) is 2.77. The molecule has 1 unspecified atom stereocenters. The van der Waals surface area contributed by atoms with Crippen molar-refractivity contribution >= 4 is 11.6 Å². The van der Waals surface area contributed by atoms with E-state index in [4.69, 9.17) is 17.3 Å². The number of benzene rings is 2. The minimum absolute atomic E-state index is 0.346. The molecule has 19 heavy (non-hydrogen) atoms. The predicted molar refractivity (Wildman–Crippen MR) is 82.4 cm³/mol. The molecule has 0 bridgehead atoms. The Morgan fingerprint density at radius 2 is 1.63 bits per heavy atom. The number of halogens is 1. The molecule has 0 fully saturated rings. The molecule has 0 amide bonds. The van der Waals surface area contributed by atoms with Crippen LogP contribution in [0.2, 0.25) is 5.02 Å². The van der Waals surface area contributed by atoms with Gasteiger partial charge in [0.2, 0.25) is 0 Å². The molecule has 1 nitrogen and oxygen atoms in total. The smallest absolute Gasteiger partial charge is 0.0450 e. The van der Waals surface area contributed by atoms with Crippen molar-refractivity contribution in [3.8, 4) is 0 Å². The van der Waals surface area contributed by atoms with Crippen molar-refractivity contribution in [1.29, 1.82) is 0 Å². The molecule has 2 aromatic carbocycles. The van der Waals surface area contributed by atoms with Gasteiger partial charge in [0.25, 0.3) is 0 Å². The zero-order valence-electron chi connectivity index (χ0n) is 11.3. The first-order chi connectivity index (χ1) is 9.15. The van der Waals surface area contributed by atoms with E-state index in [0.717, 1.165) is 29.8 Å². The van der Waals surface area contributed by atoms with Gasteiger partial charge in [-0.2, -0.15) is 0 Å². The van der Waals surface area contributed by atoms with Gasteiger partial charge in [0.1, 0.15) is 0 Å². The Balaban J connectivity index is 2.33. The van der Waals surface area contributed by atoms with Gasteiger partial charge >= 0.3 is 0 Å². The maximum absolute atomic E-state index is 6.67. The third kappa shape index (κ3) is 3.37. The van der Waals surface area contributed by atoms with Crippen molar-refractivity contribution < 1.29 is 0 Å². The molecular formula is C17H20ClN. The van der Waals surface area contributed by atoms with Gasteiger partial charge in [-0.1, -0.05) is 73.5 Å². The summed E-state index contributed by atoms with van der Waals surface area (Å²) in [5.74, 6) is 0. The van der Waals surface area contributed by atoms with E-state index in [-0.39, 0.29) is 5.54 Å². The molecule has 0 saturated heterocycles. The van der Waals surface area contributed by atoms with Gasteiger partial charge in [-0.3, -0.25) is 0 Å². The zero-order valence-corrected chi connectivity index (χ0v) is 12.0. The molecule has 1 atom stereocenters. The average Bonchev–Trinajstić information content (AvgIpc) is 2.43. The summed E-state index contributed by atoms with van der Waals surface area (Å²) in [7, 11) is 0. The van der Waals surface area contributed by atoms with Crippen molar-refractivity contribution in [2.24, 2.45) is 5.73 Å². The highest BCUT2D eigenvalue weighted by Gasteiger charge is 2.27. The topological polar surface area (TPSA) is 26.0 Å². The van der Waals surface area contributed by atoms with Crippen LogP contribution in [0, 0.1) is 0 Å². The zero-order chi connectivity index (χ0) is 13.7. The highest BCUT2D eigenvalue weighted by molar-refractivity contribution is 6.31. The molecule has 2 rings (SSSR count). The second-order valence-electron chi connectivity index (χ2n) is 5.04. The van der Waals surface area contributed by atoms with Crippen molar-refractivity contribution in [3.63, 3.8) is 0 Å². The lowest BCUT2D eigenvalue weighted by Crippen LogP contribution is -2.39. The molecule has 2 aromatic rings. The summed E-state index contributed by atoms with van der Waals surface area (Å²) < 4.78 is 0. The molecule has 0 aliphatic heterocycles. The lowest BCUT2D eigenvalue weighted by atomic mass is 9.81. The summed E-state index contributed by atoms with van der Waals surface area (Å²) in [6.45, 7) is 2.16. The van der Waals surface area contributed by atoms with E-state index < -0.39 is 0 Å². The minimum Gasteiger partial charge on any atom is -0.321 e. The van der Waals surface area contributed by atoms with Crippen LogP contribution in [0.1, 0.15) is 30.9 Å². The lowest BCUT2D eigenvalue weighted by molar-refractivity contribution is 0.401. The molecule has 0 aromatic heterocycles. The molecule has 2 N–H and O–H groups in total. The Morgan fingerprint density at radius 3 is 2.26 bits per heavy atom. The Kier molecular flexibility index (Phi) is 4.62. The van der Waals surface area contributed by atoms with Crippen LogP contribution in [0.3, 0.4) is 0 Å². The lowest BCUT2D eigenvalue weighted by Gasteiger charge is -2.30.